The lowest BCUT2D eigenvalue weighted by Crippen LogP contribution is -2.40. The summed E-state index contributed by atoms with van der Waals surface area (Å²) in [5.74, 6) is 1.36. The summed E-state index contributed by atoms with van der Waals surface area (Å²) in [6.07, 6.45) is 1.18. The van der Waals surface area contributed by atoms with Crippen molar-refractivity contribution in [3.05, 3.63) is 59.1 Å². The summed E-state index contributed by atoms with van der Waals surface area (Å²) in [5, 5.41) is 3.94. The minimum absolute atomic E-state index is 0.274. The Balaban J connectivity index is 1.80. The van der Waals surface area contributed by atoms with E-state index >= 15 is 0 Å². The Bertz CT molecular complexity index is 883. The molecule has 0 aliphatic carbocycles. The van der Waals surface area contributed by atoms with Crippen LogP contribution < -0.4 is 10.1 Å². The summed E-state index contributed by atoms with van der Waals surface area (Å²) >= 11 is 6.02. The molecule has 0 heterocycles. The van der Waals surface area contributed by atoms with Crippen molar-refractivity contribution in [2.45, 2.75) is 11.4 Å². The Labute approximate surface area is 165 Å². The lowest BCUT2D eigenvalue weighted by Gasteiger charge is -2.22. The van der Waals surface area contributed by atoms with Crippen LogP contribution in [-0.4, -0.2) is 52.8 Å². The van der Waals surface area contributed by atoms with Gasteiger partial charge in [0.05, 0.1) is 11.4 Å². The van der Waals surface area contributed by atoms with E-state index < -0.39 is 9.84 Å². The first kappa shape index (κ1) is 21.1. The van der Waals surface area contributed by atoms with Gasteiger partial charge in [-0.25, -0.2) is 8.42 Å². The van der Waals surface area contributed by atoms with Gasteiger partial charge in [0.15, 0.2) is 15.8 Å². The average molecular weight is 410 g/mol. The van der Waals surface area contributed by atoms with Crippen molar-refractivity contribution in [2.24, 2.45) is 4.99 Å². The fourth-order valence-electron chi connectivity index (χ4n) is 2.48. The molecule has 0 saturated heterocycles. The summed E-state index contributed by atoms with van der Waals surface area (Å²) in [5.41, 5.74) is 1.09. The van der Waals surface area contributed by atoms with Crippen molar-refractivity contribution in [3.8, 4) is 5.75 Å². The Morgan fingerprint density at radius 1 is 1.22 bits per heavy atom. The standard InChI is InChI=1S/C19H24ClN3O3S/c1-21-19(23(2)14-15-5-4-6-16(20)13-15)22-11-12-26-17-7-9-18(10-8-17)27(3,24)25/h4-10,13H,11-12,14H2,1-3H3,(H,21,22). The van der Waals surface area contributed by atoms with Gasteiger partial charge in [-0.15, -0.1) is 0 Å². The topological polar surface area (TPSA) is 71.0 Å². The first-order valence-electron chi connectivity index (χ1n) is 8.39. The van der Waals surface area contributed by atoms with Crippen LogP contribution in [0, 0.1) is 0 Å². The van der Waals surface area contributed by atoms with Gasteiger partial charge in [0.25, 0.3) is 0 Å². The van der Waals surface area contributed by atoms with E-state index in [-0.39, 0.29) is 4.90 Å². The maximum Gasteiger partial charge on any atom is 0.193 e. The highest BCUT2D eigenvalue weighted by molar-refractivity contribution is 7.90. The molecule has 1 N–H and O–H groups in total. The average Bonchev–Trinajstić information content (AvgIpc) is 2.61. The number of nitrogens with one attached hydrogen (secondary N) is 1. The number of ether oxygens (including phenoxy) is 1. The molecule has 0 amide bonds. The normalized spacial score (nSPS) is 11.9. The van der Waals surface area contributed by atoms with Crippen LogP contribution in [0.25, 0.3) is 0 Å². The van der Waals surface area contributed by atoms with E-state index in [4.69, 9.17) is 16.3 Å². The molecule has 0 unspecified atom stereocenters. The van der Waals surface area contributed by atoms with Crippen molar-refractivity contribution >= 4 is 27.4 Å². The number of halogens is 1. The Morgan fingerprint density at radius 2 is 1.93 bits per heavy atom. The second-order valence-corrected chi connectivity index (χ2v) is 8.50. The first-order valence-corrected chi connectivity index (χ1v) is 10.7. The quantitative estimate of drug-likeness (QED) is 0.432. The molecule has 0 bridgehead atoms. The molecule has 146 valence electrons. The van der Waals surface area contributed by atoms with Crippen molar-refractivity contribution in [1.82, 2.24) is 10.2 Å². The number of benzene rings is 2. The molecule has 6 nitrogen and oxygen atoms in total. The molecule has 0 radical (unpaired) electrons. The van der Waals surface area contributed by atoms with Crippen LogP contribution in [0.1, 0.15) is 5.56 Å². The fourth-order valence-corrected chi connectivity index (χ4v) is 3.33. The predicted octanol–water partition coefficient (Wildman–Crippen LogP) is 2.83. The minimum Gasteiger partial charge on any atom is -0.492 e. The lowest BCUT2D eigenvalue weighted by atomic mass is 10.2. The van der Waals surface area contributed by atoms with Crippen LogP contribution in [-0.2, 0) is 16.4 Å². The largest absolute Gasteiger partial charge is 0.492 e. The molecule has 0 aromatic heterocycles. The summed E-state index contributed by atoms with van der Waals surface area (Å²) in [4.78, 5) is 6.53. The number of hydrogen-bond acceptors (Lipinski definition) is 4. The highest BCUT2D eigenvalue weighted by Gasteiger charge is 2.08. The Kier molecular flexibility index (Phi) is 7.50. The molecule has 0 aliphatic heterocycles. The van der Waals surface area contributed by atoms with E-state index in [1.165, 1.54) is 18.4 Å². The van der Waals surface area contributed by atoms with Gasteiger partial charge in [0, 0.05) is 31.9 Å². The smallest absolute Gasteiger partial charge is 0.193 e. The highest BCUT2D eigenvalue weighted by Crippen LogP contribution is 2.15. The van der Waals surface area contributed by atoms with Crippen LogP contribution in [0.5, 0.6) is 5.75 Å². The lowest BCUT2D eigenvalue weighted by molar-refractivity contribution is 0.319. The number of hydrogen-bond donors (Lipinski definition) is 1. The van der Waals surface area contributed by atoms with Crippen LogP contribution in [0.2, 0.25) is 5.02 Å². The summed E-state index contributed by atoms with van der Waals surface area (Å²) in [6.45, 7) is 1.65. The molecule has 0 fully saturated rings. The van der Waals surface area contributed by atoms with Gasteiger partial charge in [-0.2, -0.15) is 0 Å². The van der Waals surface area contributed by atoms with Gasteiger partial charge in [0.2, 0.25) is 0 Å². The van der Waals surface area contributed by atoms with Crippen molar-refractivity contribution < 1.29 is 13.2 Å². The summed E-state index contributed by atoms with van der Waals surface area (Å²) in [7, 11) is 0.474. The molecule has 2 aromatic carbocycles. The maximum absolute atomic E-state index is 11.5. The van der Waals surface area contributed by atoms with Gasteiger partial charge in [-0.1, -0.05) is 23.7 Å². The van der Waals surface area contributed by atoms with E-state index in [0.29, 0.717) is 30.5 Å². The molecule has 27 heavy (non-hydrogen) atoms. The molecule has 0 spiro atoms. The van der Waals surface area contributed by atoms with Gasteiger partial charge in [-0.3, -0.25) is 4.99 Å². The zero-order valence-corrected chi connectivity index (χ0v) is 17.2. The third-order valence-electron chi connectivity index (χ3n) is 3.79. The molecule has 0 aliphatic rings. The van der Waals surface area contributed by atoms with E-state index in [1.807, 2.05) is 36.2 Å². The first-order chi connectivity index (χ1) is 12.8. The zero-order chi connectivity index (χ0) is 19.9. The molecule has 0 saturated carbocycles. The van der Waals surface area contributed by atoms with Crippen LogP contribution in [0.15, 0.2) is 58.4 Å². The van der Waals surface area contributed by atoms with Crippen molar-refractivity contribution in [2.75, 3.05) is 33.5 Å². The summed E-state index contributed by atoms with van der Waals surface area (Å²) in [6, 6.07) is 14.1. The predicted molar refractivity (Wildman–Crippen MR) is 109 cm³/mol. The molecular formula is C19H24ClN3O3S. The number of nitrogens with zero attached hydrogens (tertiary/aromatic N) is 2. The molecule has 0 atom stereocenters. The third kappa shape index (κ3) is 6.77. The van der Waals surface area contributed by atoms with Crippen molar-refractivity contribution in [1.29, 1.82) is 0 Å². The monoisotopic (exact) mass is 409 g/mol. The SMILES string of the molecule is CN=C(NCCOc1ccc(S(C)(=O)=O)cc1)N(C)Cc1cccc(Cl)c1. The number of rotatable bonds is 7. The van der Waals surface area contributed by atoms with Gasteiger partial charge >= 0.3 is 0 Å². The number of aliphatic imine (C=N–C) groups is 1. The van der Waals surface area contributed by atoms with Gasteiger partial charge < -0.3 is 15.0 Å². The molecular weight excluding hydrogens is 386 g/mol. The second-order valence-electron chi connectivity index (χ2n) is 6.05. The highest BCUT2D eigenvalue weighted by atomic mass is 35.5. The Hall–Kier alpha value is -2.25. The summed E-state index contributed by atoms with van der Waals surface area (Å²) < 4.78 is 28.5. The van der Waals surface area contributed by atoms with E-state index in [9.17, 15) is 8.42 Å². The van der Waals surface area contributed by atoms with E-state index in [1.54, 1.807) is 19.2 Å². The fraction of sp³-hybridized carbons (Fsp3) is 0.316. The Morgan fingerprint density at radius 3 is 2.52 bits per heavy atom. The third-order valence-corrected chi connectivity index (χ3v) is 5.15. The van der Waals surface area contributed by atoms with Crippen LogP contribution in [0.4, 0.5) is 0 Å². The molecule has 2 rings (SSSR count). The van der Waals surface area contributed by atoms with E-state index in [0.717, 1.165) is 11.5 Å². The minimum atomic E-state index is -3.19. The van der Waals surface area contributed by atoms with Crippen LogP contribution >= 0.6 is 11.6 Å². The maximum atomic E-state index is 11.5. The van der Waals surface area contributed by atoms with E-state index in [2.05, 4.69) is 10.3 Å². The molecule has 8 heteroatoms. The number of sulfone groups is 1. The molecule has 2 aromatic rings. The van der Waals surface area contributed by atoms with Gasteiger partial charge in [-0.05, 0) is 42.0 Å². The van der Waals surface area contributed by atoms with Crippen molar-refractivity contribution in [3.63, 3.8) is 0 Å². The van der Waals surface area contributed by atoms with Gasteiger partial charge in [0.1, 0.15) is 12.4 Å². The second kappa shape index (κ2) is 9.62. The number of guanidine groups is 1. The van der Waals surface area contributed by atoms with Crippen LogP contribution in [0.3, 0.4) is 0 Å². The zero-order valence-electron chi connectivity index (χ0n) is 15.6.